The van der Waals surface area contributed by atoms with Crippen LogP contribution in [0.5, 0.6) is 0 Å². The molecule has 3 rings (SSSR count). The molecule has 1 amide bonds. The lowest BCUT2D eigenvalue weighted by atomic mass is 9.90. The molecule has 0 aromatic rings. The number of fused-ring (bicyclic) bond motifs is 1. The summed E-state index contributed by atoms with van der Waals surface area (Å²) in [6, 6.07) is 0.186. The van der Waals surface area contributed by atoms with Gasteiger partial charge in [0.05, 0.1) is 6.04 Å². The molecule has 1 spiro atoms. The van der Waals surface area contributed by atoms with Gasteiger partial charge >= 0.3 is 0 Å². The molecule has 0 bridgehead atoms. The third kappa shape index (κ3) is 3.43. The van der Waals surface area contributed by atoms with Gasteiger partial charge in [-0.2, -0.15) is 0 Å². The first-order valence-electron chi connectivity index (χ1n) is 8.85. The maximum absolute atomic E-state index is 12.9. The summed E-state index contributed by atoms with van der Waals surface area (Å²) in [7, 11) is 0. The van der Waals surface area contributed by atoms with E-state index < -0.39 is 5.60 Å². The molecule has 2 atom stereocenters. The molecular formula is C19H30N2O2. The van der Waals surface area contributed by atoms with Crippen molar-refractivity contribution in [2.75, 3.05) is 13.1 Å². The van der Waals surface area contributed by atoms with Gasteiger partial charge in [-0.15, -0.1) is 0 Å². The molecule has 4 heteroatoms. The molecular weight excluding hydrogens is 288 g/mol. The van der Waals surface area contributed by atoms with E-state index in [1.165, 1.54) is 5.57 Å². The Kier molecular flexibility index (Phi) is 6.19. The lowest BCUT2D eigenvalue weighted by Gasteiger charge is -2.32. The van der Waals surface area contributed by atoms with Crippen LogP contribution in [0.2, 0.25) is 0 Å². The van der Waals surface area contributed by atoms with E-state index in [1.54, 1.807) is 6.08 Å². The van der Waals surface area contributed by atoms with Crippen molar-refractivity contribution in [3.8, 4) is 0 Å². The highest BCUT2D eigenvalue weighted by Gasteiger charge is 2.57. The number of nitrogens with one attached hydrogen (secondary N) is 1. The van der Waals surface area contributed by atoms with Gasteiger partial charge in [-0.3, -0.25) is 4.79 Å². The summed E-state index contributed by atoms with van der Waals surface area (Å²) in [4.78, 5) is 14.9. The molecule has 0 aromatic carbocycles. The standard InChI is InChI=1S/C17H24N2O2.C2H6/c1-3-4-5-6-13(2)14-7-8-15-19(14)16(20)17(21-15)9-11-18-12-10-17;1-2/h3-6,14-15,18H,1,7-12H2,2H3;1-2H3/b5-4-,13-6+;. The lowest BCUT2D eigenvalue weighted by molar-refractivity contribution is -0.140. The molecule has 23 heavy (non-hydrogen) atoms. The smallest absolute Gasteiger partial charge is 0.257 e. The number of carbonyl (C=O) groups excluding carboxylic acids is 1. The van der Waals surface area contributed by atoms with Gasteiger partial charge in [-0.1, -0.05) is 50.3 Å². The quantitative estimate of drug-likeness (QED) is 0.813. The van der Waals surface area contributed by atoms with Gasteiger partial charge in [0, 0.05) is 0 Å². The van der Waals surface area contributed by atoms with E-state index >= 15 is 0 Å². The second-order valence-corrected chi connectivity index (χ2v) is 6.15. The Morgan fingerprint density at radius 3 is 2.65 bits per heavy atom. The number of amides is 1. The summed E-state index contributed by atoms with van der Waals surface area (Å²) in [5.41, 5.74) is 0.671. The van der Waals surface area contributed by atoms with Crippen LogP contribution in [0.25, 0.3) is 0 Å². The normalized spacial score (nSPS) is 29.6. The monoisotopic (exact) mass is 318 g/mol. The van der Waals surface area contributed by atoms with Crippen LogP contribution < -0.4 is 5.32 Å². The van der Waals surface area contributed by atoms with Crippen LogP contribution in [0.4, 0.5) is 0 Å². The van der Waals surface area contributed by atoms with Gasteiger partial charge < -0.3 is 15.0 Å². The predicted molar refractivity (Wildman–Crippen MR) is 94.0 cm³/mol. The third-order valence-corrected chi connectivity index (χ3v) is 4.86. The molecule has 128 valence electrons. The van der Waals surface area contributed by atoms with Crippen molar-refractivity contribution < 1.29 is 9.53 Å². The molecule has 1 N–H and O–H groups in total. The first-order valence-corrected chi connectivity index (χ1v) is 8.85. The molecule has 0 saturated carbocycles. The van der Waals surface area contributed by atoms with Crippen LogP contribution in [0.15, 0.2) is 36.5 Å². The fourth-order valence-corrected chi connectivity index (χ4v) is 3.72. The Morgan fingerprint density at radius 2 is 2.00 bits per heavy atom. The van der Waals surface area contributed by atoms with E-state index in [0.29, 0.717) is 0 Å². The molecule has 3 saturated heterocycles. The van der Waals surface area contributed by atoms with Gasteiger partial charge in [0.15, 0.2) is 5.60 Å². The molecule has 0 aromatic heterocycles. The number of nitrogens with zero attached hydrogens (tertiary/aromatic N) is 1. The van der Waals surface area contributed by atoms with E-state index in [2.05, 4.69) is 24.9 Å². The third-order valence-electron chi connectivity index (χ3n) is 4.86. The number of rotatable bonds is 3. The lowest BCUT2D eigenvalue weighted by Crippen LogP contribution is -2.50. The summed E-state index contributed by atoms with van der Waals surface area (Å²) in [5, 5.41) is 3.31. The minimum absolute atomic E-state index is 0.0210. The number of carbonyl (C=O) groups is 1. The van der Waals surface area contributed by atoms with E-state index in [4.69, 9.17) is 4.74 Å². The Morgan fingerprint density at radius 1 is 1.30 bits per heavy atom. The summed E-state index contributed by atoms with van der Waals surface area (Å²) in [5.74, 6) is 0.206. The Hall–Kier alpha value is -1.39. The second kappa shape index (κ2) is 7.93. The Balaban J connectivity index is 0.000000924. The van der Waals surface area contributed by atoms with Gasteiger partial charge in [-0.05, 0) is 45.7 Å². The fraction of sp³-hybridized carbons (Fsp3) is 0.632. The predicted octanol–water partition coefficient (Wildman–Crippen LogP) is 3.17. The zero-order valence-electron chi connectivity index (χ0n) is 14.7. The van der Waals surface area contributed by atoms with Crippen molar-refractivity contribution in [3.05, 3.63) is 36.5 Å². The van der Waals surface area contributed by atoms with Crippen LogP contribution in [0.3, 0.4) is 0 Å². The molecule has 3 fully saturated rings. The maximum Gasteiger partial charge on any atom is 0.257 e. The highest BCUT2D eigenvalue weighted by molar-refractivity contribution is 5.88. The average Bonchev–Trinajstić information content (AvgIpc) is 3.10. The maximum atomic E-state index is 12.9. The van der Waals surface area contributed by atoms with Gasteiger partial charge in [0.2, 0.25) is 0 Å². The van der Waals surface area contributed by atoms with E-state index in [-0.39, 0.29) is 18.2 Å². The van der Waals surface area contributed by atoms with Gasteiger partial charge in [0.25, 0.3) is 5.91 Å². The van der Waals surface area contributed by atoms with Crippen LogP contribution in [0.1, 0.15) is 46.5 Å². The van der Waals surface area contributed by atoms with E-state index in [0.717, 1.165) is 38.8 Å². The van der Waals surface area contributed by atoms with Crippen LogP contribution in [0, 0.1) is 0 Å². The number of hydrogen-bond acceptors (Lipinski definition) is 3. The Bertz CT molecular complexity index is 490. The number of piperidine rings is 1. The molecule has 0 radical (unpaired) electrons. The minimum atomic E-state index is -0.550. The first-order chi connectivity index (χ1) is 11.2. The summed E-state index contributed by atoms with van der Waals surface area (Å²) in [6.45, 7) is 11.5. The highest BCUT2D eigenvalue weighted by atomic mass is 16.6. The molecule has 3 aliphatic heterocycles. The van der Waals surface area contributed by atoms with Crippen LogP contribution >= 0.6 is 0 Å². The van der Waals surface area contributed by atoms with Gasteiger partial charge in [-0.25, -0.2) is 0 Å². The molecule has 2 unspecified atom stereocenters. The molecule has 0 aliphatic carbocycles. The zero-order valence-corrected chi connectivity index (χ0v) is 14.7. The van der Waals surface area contributed by atoms with Crippen molar-refractivity contribution >= 4 is 5.91 Å². The molecule has 4 nitrogen and oxygen atoms in total. The van der Waals surface area contributed by atoms with Crippen molar-refractivity contribution in [1.29, 1.82) is 0 Å². The summed E-state index contributed by atoms with van der Waals surface area (Å²) < 4.78 is 6.21. The van der Waals surface area contributed by atoms with E-state index in [1.807, 2.05) is 30.9 Å². The number of hydrogen-bond donors (Lipinski definition) is 1. The SMILES string of the molecule is C=C/C=C\C=C(/C)C1CCC2OC3(CCNCC3)C(=O)N21.CC. The van der Waals surface area contributed by atoms with E-state index in [9.17, 15) is 4.79 Å². The van der Waals surface area contributed by atoms with Crippen LogP contribution in [-0.4, -0.2) is 41.8 Å². The number of allylic oxidation sites excluding steroid dienone is 4. The van der Waals surface area contributed by atoms with Crippen molar-refractivity contribution in [1.82, 2.24) is 10.2 Å². The largest absolute Gasteiger partial charge is 0.342 e. The first kappa shape index (κ1) is 18.0. The Labute approximate surface area is 140 Å². The van der Waals surface area contributed by atoms with Gasteiger partial charge in [0.1, 0.15) is 6.23 Å². The minimum Gasteiger partial charge on any atom is -0.342 e. The fourth-order valence-electron chi connectivity index (χ4n) is 3.72. The highest BCUT2D eigenvalue weighted by Crippen LogP contribution is 2.43. The summed E-state index contributed by atoms with van der Waals surface area (Å²) >= 11 is 0. The van der Waals surface area contributed by atoms with Crippen molar-refractivity contribution in [2.24, 2.45) is 0 Å². The topological polar surface area (TPSA) is 41.6 Å². The number of ether oxygens (including phenoxy) is 1. The molecule has 3 aliphatic rings. The molecule has 3 heterocycles. The van der Waals surface area contributed by atoms with Crippen LogP contribution in [-0.2, 0) is 9.53 Å². The average molecular weight is 318 g/mol. The van der Waals surface area contributed by atoms with Crippen molar-refractivity contribution in [3.63, 3.8) is 0 Å². The van der Waals surface area contributed by atoms with Crippen molar-refractivity contribution in [2.45, 2.75) is 64.3 Å². The zero-order chi connectivity index (χ0) is 16.9. The second-order valence-electron chi connectivity index (χ2n) is 6.15. The summed E-state index contributed by atoms with van der Waals surface area (Å²) in [6.07, 6.45) is 11.2.